The van der Waals surface area contributed by atoms with E-state index in [2.05, 4.69) is 6.58 Å². The molecule has 0 aromatic heterocycles. The molecule has 8 rings (SSSR count). The Labute approximate surface area is 364 Å². The van der Waals surface area contributed by atoms with Crippen LogP contribution in [-0.2, 0) is 78.5 Å². The molecule has 0 N–H and O–H groups in total. The summed E-state index contributed by atoms with van der Waals surface area (Å²) in [7, 11) is 1.60. The first-order valence-corrected chi connectivity index (χ1v) is 21.3. The van der Waals surface area contributed by atoms with Gasteiger partial charge in [-0.15, -0.1) is 6.58 Å². The van der Waals surface area contributed by atoms with E-state index in [1.807, 2.05) is 152 Å². The van der Waals surface area contributed by atoms with Crippen molar-refractivity contribution >= 4 is 0 Å². The van der Waals surface area contributed by atoms with E-state index in [1.54, 1.807) is 13.2 Å². The summed E-state index contributed by atoms with van der Waals surface area (Å²) >= 11 is 0. The molecule has 0 bridgehead atoms. The van der Waals surface area contributed by atoms with Crippen molar-refractivity contribution < 1.29 is 52.1 Å². The smallest absolute Gasteiger partial charge is 0.187 e. The molecule has 0 saturated carbocycles. The highest BCUT2D eigenvalue weighted by atomic mass is 16.8. The first-order valence-electron chi connectivity index (χ1n) is 21.3. The fourth-order valence-electron chi connectivity index (χ4n) is 8.04. The Balaban J connectivity index is 1.13. The topological polar surface area (TPSA) is 102 Å². The summed E-state index contributed by atoms with van der Waals surface area (Å²) in [5, 5.41) is 0. The number of benzene rings is 5. The maximum Gasteiger partial charge on any atom is 0.187 e. The van der Waals surface area contributed by atoms with Crippen molar-refractivity contribution in [1.29, 1.82) is 0 Å². The molecular formula is C51H56O11. The van der Waals surface area contributed by atoms with E-state index in [0.717, 1.165) is 27.8 Å². The van der Waals surface area contributed by atoms with Crippen molar-refractivity contribution in [2.24, 2.45) is 0 Å². The number of fused-ring (bicyclic) bond motifs is 1. The molecule has 5 aromatic carbocycles. The van der Waals surface area contributed by atoms with Gasteiger partial charge in [-0.3, -0.25) is 0 Å². The number of methoxy groups -OCH3 is 1. The molecule has 0 spiro atoms. The van der Waals surface area contributed by atoms with Crippen LogP contribution in [-0.4, -0.2) is 88.3 Å². The van der Waals surface area contributed by atoms with E-state index < -0.39 is 67.7 Å². The molecule has 0 aliphatic carbocycles. The lowest BCUT2D eigenvalue weighted by Gasteiger charge is -2.51. The van der Waals surface area contributed by atoms with Crippen molar-refractivity contribution in [2.75, 3.05) is 26.9 Å². The first kappa shape index (κ1) is 44.0. The molecule has 326 valence electrons. The number of hydrogen-bond acceptors (Lipinski definition) is 11. The van der Waals surface area contributed by atoms with Gasteiger partial charge in [0.15, 0.2) is 18.9 Å². The summed E-state index contributed by atoms with van der Waals surface area (Å²) in [6.07, 6.45) is -6.40. The van der Waals surface area contributed by atoms with Gasteiger partial charge in [-0.05, 0) is 22.3 Å². The normalized spacial score (nSPS) is 28.5. The molecule has 3 aliphatic heterocycles. The fraction of sp³-hybridized carbons (Fsp3) is 0.373. The molecule has 11 nitrogen and oxygen atoms in total. The second kappa shape index (κ2) is 22.7. The van der Waals surface area contributed by atoms with Crippen molar-refractivity contribution in [3.05, 3.63) is 192 Å². The summed E-state index contributed by atoms with van der Waals surface area (Å²) < 4.78 is 73.4. The second-order valence-corrected chi connectivity index (χ2v) is 15.5. The number of rotatable bonds is 20. The molecule has 3 aliphatic rings. The molecule has 11 heteroatoms. The Morgan fingerprint density at radius 2 is 1.03 bits per heavy atom. The Hall–Kier alpha value is -4.60. The van der Waals surface area contributed by atoms with Crippen LogP contribution >= 0.6 is 0 Å². The molecule has 0 radical (unpaired) electrons. The van der Waals surface area contributed by atoms with Crippen LogP contribution in [0.2, 0.25) is 0 Å². The van der Waals surface area contributed by atoms with Crippen LogP contribution in [0.1, 0.15) is 34.1 Å². The highest BCUT2D eigenvalue weighted by Gasteiger charge is 2.55. The highest BCUT2D eigenvalue weighted by molar-refractivity contribution is 5.18. The van der Waals surface area contributed by atoms with Crippen molar-refractivity contribution in [3.63, 3.8) is 0 Å². The maximum atomic E-state index is 7.24. The van der Waals surface area contributed by atoms with Crippen LogP contribution in [0.4, 0.5) is 0 Å². The summed E-state index contributed by atoms with van der Waals surface area (Å²) in [4.78, 5) is 0. The van der Waals surface area contributed by atoms with Gasteiger partial charge in [0.1, 0.15) is 48.8 Å². The largest absolute Gasteiger partial charge is 0.374 e. The standard InChI is InChI=1S/C51H56O11/c1-3-29-54-48-46(56-32-38-23-13-6-14-24-38)44-42(35-58-49(61-44)40-27-17-8-18-28-40)60-51(48)62-43-41(34-53-30-36-19-9-4-10-20-36)59-50(52-2)47(57-33-39-25-15-7-16-26-39)45(43)55-31-37-21-11-5-12-22-37/h3-28,41-51H,1,29-35H2,2H3/t41-,42-,43-,44+,45+,46+,47-,48-,49?,50-,51+/m1/s1. The maximum absolute atomic E-state index is 7.24. The molecule has 5 aromatic rings. The van der Waals surface area contributed by atoms with E-state index in [-0.39, 0.29) is 33.0 Å². The van der Waals surface area contributed by atoms with Gasteiger partial charge in [-0.2, -0.15) is 0 Å². The molecule has 62 heavy (non-hydrogen) atoms. The van der Waals surface area contributed by atoms with E-state index in [9.17, 15) is 0 Å². The van der Waals surface area contributed by atoms with E-state index >= 15 is 0 Å². The first-order chi connectivity index (χ1) is 30.7. The lowest BCUT2D eigenvalue weighted by Crippen LogP contribution is -2.67. The fourth-order valence-corrected chi connectivity index (χ4v) is 8.04. The lowest BCUT2D eigenvalue weighted by atomic mass is 9.95. The van der Waals surface area contributed by atoms with Gasteiger partial charge in [-0.25, -0.2) is 0 Å². The van der Waals surface area contributed by atoms with Crippen molar-refractivity contribution in [1.82, 2.24) is 0 Å². The number of hydrogen-bond donors (Lipinski definition) is 0. The van der Waals surface area contributed by atoms with Gasteiger partial charge in [0.2, 0.25) is 0 Å². The molecule has 3 heterocycles. The second-order valence-electron chi connectivity index (χ2n) is 15.5. The third-order valence-electron chi connectivity index (χ3n) is 11.1. The Morgan fingerprint density at radius 3 is 1.58 bits per heavy atom. The van der Waals surface area contributed by atoms with Crippen LogP contribution < -0.4 is 0 Å². The zero-order chi connectivity index (χ0) is 42.4. The molecule has 3 fully saturated rings. The molecular weight excluding hydrogens is 789 g/mol. The van der Waals surface area contributed by atoms with Crippen molar-refractivity contribution in [3.8, 4) is 0 Å². The average molecular weight is 845 g/mol. The van der Waals surface area contributed by atoms with Gasteiger partial charge in [0.25, 0.3) is 0 Å². The summed E-state index contributed by atoms with van der Waals surface area (Å²) in [6.45, 7) is 5.72. The summed E-state index contributed by atoms with van der Waals surface area (Å²) in [5.41, 5.74) is 4.87. The summed E-state index contributed by atoms with van der Waals surface area (Å²) in [6, 6.07) is 49.8. The summed E-state index contributed by atoms with van der Waals surface area (Å²) in [5.74, 6) is 0. The molecule has 1 unspecified atom stereocenters. The third kappa shape index (κ3) is 11.5. The lowest BCUT2D eigenvalue weighted by molar-refractivity contribution is -0.395. The van der Waals surface area contributed by atoms with E-state index in [4.69, 9.17) is 52.1 Å². The minimum atomic E-state index is -1.01. The van der Waals surface area contributed by atoms with Crippen LogP contribution in [0.15, 0.2) is 164 Å². The zero-order valence-electron chi connectivity index (χ0n) is 35.0. The predicted octanol–water partition coefficient (Wildman–Crippen LogP) is 8.13. The molecule has 11 atom stereocenters. The zero-order valence-corrected chi connectivity index (χ0v) is 35.0. The Kier molecular flexibility index (Phi) is 16.1. The van der Waals surface area contributed by atoms with E-state index in [1.165, 1.54) is 0 Å². The Morgan fingerprint density at radius 1 is 0.532 bits per heavy atom. The predicted molar refractivity (Wildman–Crippen MR) is 230 cm³/mol. The van der Waals surface area contributed by atoms with Crippen molar-refractivity contribution in [2.45, 2.75) is 94.1 Å². The minimum absolute atomic E-state index is 0.145. The monoisotopic (exact) mass is 844 g/mol. The van der Waals surface area contributed by atoms with Gasteiger partial charge in [0.05, 0.1) is 46.2 Å². The van der Waals surface area contributed by atoms with E-state index in [0.29, 0.717) is 13.2 Å². The molecule has 3 saturated heterocycles. The van der Waals surface area contributed by atoms with Gasteiger partial charge in [-0.1, -0.05) is 158 Å². The number of ether oxygens (including phenoxy) is 11. The average Bonchev–Trinajstić information content (AvgIpc) is 3.33. The quantitative estimate of drug-likeness (QED) is 0.0711. The van der Waals surface area contributed by atoms with Crippen LogP contribution in [0, 0.1) is 0 Å². The molecule has 0 amide bonds. The van der Waals surface area contributed by atoms with Crippen LogP contribution in [0.5, 0.6) is 0 Å². The minimum Gasteiger partial charge on any atom is -0.374 e. The SMILES string of the molecule is C=CCO[C@H]1[C@H](O[C@H]2[C@H](OCc3ccccc3)[C@@H](OCc3ccccc3)[C@H](OC)O[C@@H]2COCc2ccccc2)O[C@@H]2COC(c3ccccc3)O[C@@H]2[C@@H]1OCc1ccccc1. The van der Waals surface area contributed by atoms with Gasteiger partial charge in [0, 0.05) is 12.7 Å². The van der Waals surface area contributed by atoms with Crippen LogP contribution in [0.25, 0.3) is 0 Å². The highest BCUT2D eigenvalue weighted by Crippen LogP contribution is 2.39. The third-order valence-corrected chi connectivity index (χ3v) is 11.1. The Bertz CT molecular complexity index is 2030. The van der Waals surface area contributed by atoms with Crippen LogP contribution in [0.3, 0.4) is 0 Å². The van der Waals surface area contributed by atoms with Gasteiger partial charge < -0.3 is 52.1 Å². The van der Waals surface area contributed by atoms with Gasteiger partial charge >= 0.3 is 0 Å².